The highest BCUT2D eigenvalue weighted by molar-refractivity contribution is 7.45. The Morgan fingerprint density at radius 1 is 1.19 bits per heavy atom. The number of nitrogens with one attached hydrogen (secondary N) is 1. The summed E-state index contributed by atoms with van der Waals surface area (Å²) in [4.78, 5) is 46.6. The van der Waals surface area contributed by atoms with Crippen molar-refractivity contribution in [1.82, 2.24) is 4.98 Å². The number of pyridine rings is 1. The van der Waals surface area contributed by atoms with Gasteiger partial charge in [0, 0.05) is 37.0 Å². The van der Waals surface area contributed by atoms with Gasteiger partial charge in [0.15, 0.2) is 6.10 Å². The number of hydrogen-bond acceptors (Lipinski definition) is 12. The minimum Gasteiger partial charge on any atom is -0.756 e. The van der Waals surface area contributed by atoms with Gasteiger partial charge in [-0.15, -0.1) is 0 Å². The monoisotopic (exact) mass is 702 g/mol. The second-order valence-electron chi connectivity index (χ2n) is 14.1. The van der Waals surface area contributed by atoms with Crippen LogP contribution < -0.4 is 21.3 Å². The zero-order chi connectivity index (χ0) is 37.1. The molecule has 0 spiro atoms. The summed E-state index contributed by atoms with van der Waals surface area (Å²) in [5.74, 6) is -1.34. The molecule has 0 amide bonds. The van der Waals surface area contributed by atoms with E-state index >= 15 is 0 Å². The fourth-order valence-corrected chi connectivity index (χ4v) is 6.18. The number of hydrogen-bond donors (Lipinski definition) is 4. The van der Waals surface area contributed by atoms with E-state index in [2.05, 4.69) is 40.0 Å². The van der Waals surface area contributed by atoms with Crippen LogP contribution in [0.3, 0.4) is 0 Å². The van der Waals surface area contributed by atoms with Gasteiger partial charge in [0.25, 0.3) is 7.82 Å². The summed E-state index contributed by atoms with van der Waals surface area (Å²) in [7, 11) is 7.00. The number of aliphatic hydroxyl groups is 2. The van der Waals surface area contributed by atoms with Gasteiger partial charge in [-0.2, -0.15) is 0 Å². The smallest absolute Gasteiger partial charge is 0.303 e. The number of allylic oxidation sites excluding steroid dienone is 2. The Bertz CT molecular complexity index is 1380. The van der Waals surface area contributed by atoms with E-state index in [0.29, 0.717) is 28.0 Å². The van der Waals surface area contributed by atoms with E-state index < -0.39 is 50.7 Å². The molecule has 0 radical (unpaired) electrons. The minimum atomic E-state index is -4.38. The third-order valence-corrected chi connectivity index (χ3v) is 8.26. The predicted octanol–water partition coefficient (Wildman–Crippen LogP) is -0.691. The van der Waals surface area contributed by atoms with Gasteiger partial charge >= 0.3 is 5.97 Å². The molecule has 2 aliphatic rings. The maximum atomic E-state index is 11.5. The Balaban J connectivity index is 0.000000364. The van der Waals surface area contributed by atoms with Gasteiger partial charge in [0.1, 0.15) is 25.8 Å². The molecule has 1 unspecified atom stereocenters. The van der Waals surface area contributed by atoms with Crippen molar-refractivity contribution in [2.75, 3.05) is 75.2 Å². The number of aliphatic hydroxyl groups excluding tert-OH is 2. The van der Waals surface area contributed by atoms with Gasteiger partial charge in [0.05, 0.1) is 61.0 Å². The molecular weight excluding hydrogens is 647 g/mol. The normalized spacial score (nSPS) is 22.0. The van der Waals surface area contributed by atoms with E-state index in [9.17, 15) is 28.9 Å². The van der Waals surface area contributed by atoms with Crippen molar-refractivity contribution in [2.24, 2.45) is 11.7 Å². The number of esters is 1. The van der Waals surface area contributed by atoms with E-state index in [1.165, 1.54) is 18.1 Å². The third kappa shape index (κ3) is 15.7. The second kappa shape index (κ2) is 18.3. The first-order valence-corrected chi connectivity index (χ1v) is 17.1. The van der Waals surface area contributed by atoms with Gasteiger partial charge in [-0.1, -0.05) is 17.7 Å². The van der Waals surface area contributed by atoms with Crippen molar-refractivity contribution >= 4 is 19.8 Å². The SMILES string of the molecule is C/C=C1\[C@H]2C=C(C)C[C@]1(N)c1ccc(=O)[nH]c1C2.CC(=O)O[C@H](CC(=O)[O-])C[N+](C)(C)C.C[N+](C)(C)CCOP(=O)([O-])OC[C@H](O)CO. The van der Waals surface area contributed by atoms with Crippen molar-refractivity contribution in [2.45, 2.75) is 57.8 Å². The molecule has 2 bridgehead atoms. The summed E-state index contributed by atoms with van der Waals surface area (Å²) >= 11 is 0. The molecule has 5 N–H and O–H groups in total. The summed E-state index contributed by atoms with van der Waals surface area (Å²) in [6.07, 6.45) is 4.02. The molecule has 3 rings (SSSR count). The number of nitrogens with two attached hydrogens (primary N) is 1. The molecule has 16 heteroatoms. The fourth-order valence-electron chi connectivity index (χ4n) is 5.44. The number of carbonyl (C=O) groups excluding carboxylic acids is 2. The molecule has 274 valence electrons. The van der Waals surface area contributed by atoms with Crippen LogP contribution in [0.4, 0.5) is 0 Å². The molecule has 5 atom stereocenters. The van der Waals surface area contributed by atoms with E-state index in [1.54, 1.807) is 6.07 Å². The molecule has 0 aliphatic heterocycles. The number of aromatic nitrogens is 1. The van der Waals surface area contributed by atoms with E-state index in [-0.39, 0.29) is 18.6 Å². The molecule has 0 fully saturated rings. The number of ether oxygens (including phenoxy) is 1. The van der Waals surface area contributed by atoms with Crippen LogP contribution in [0.15, 0.2) is 40.2 Å². The van der Waals surface area contributed by atoms with Gasteiger partial charge in [-0.25, -0.2) is 0 Å². The van der Waals surface area contributed by atoms with Crippen molar-refractivity contribution in [3.05, 3.63) is 57.0 Å². The van der Waals surface area contributed by atoms with Crippen molar-refractivity contribution in [3.63, 3.8) is 0 Å². The third-order valence-electron chi connectivity index (χ3n) is 7.30. The number of quaternary nitrogens is 2. The fraction of sp³-hybridized carbons (Fsp3) is 0.656. The number of rotatable bonds is 13. The first kappa shape index (κ1) is 43.3. The van der Waals surface area contributed by atoms with E-state index in [0.717, 1.165) is 24.1 Å². The Hall–Kier alpha value is -2.72. The first-order chi connectivity index (χ1) is 21.9. The Kier molecular flexibility index (Phi) is 16.5. The predicted molar refractivity (Wildman–Crippen MR) is 176 cm³/mol. The highest BCUT2D eigenvalue weighted by Gasteiger charge is 2.43. The van der Waals surface area contributed by atoms with Gasteiger partial charge in [0.2, 0.25) is 5.56 Å². The number of fused-ring (bicyclic) bond motifs is 4. The lowest BCUT2D eigenvalue weighted by molar-refractivity contribution is -0.873. The molecule has 15 nitrogen and oxygen atoms in total. The summed E-state index contributed by atoms with van der Waals surface area (Å²) in [5, 5.41) is 27.7. The van der Waals surface area contributed by atoms with Crippen molar-refractivity contribution in [1.29, 1.82) is 0 Å². The summed E-state index contributed by atoms with van der Waals surface area (Å²) in [6, 6.07) is 3.47. The zero-order valence-corrected chi connectivity index (χ0v) is 30.6. The second-order valence-corrected chi connectivity index (χ2v) is 15.5. The number of nitrogens with zero attached hydrogens (tertiary/aromatic N) is 2. The minimum absolute atomic E-state index is 0.0134. The standard InChI is InChI=1S/C15H18N2O.C9H17NO4.C8H20NO6P/c1-3-11-10-6-9(2)8-15(11,16)12-4-5-14(18)17-13(12)7-10;1-7(11)14-8(5-9(12)13)6-10(2,3)4;1-9(2,3)4-5-14-16(12,13)15-7-8(11)6-10/h3-6,10H,7-8,16H2,1-2H3,(H,17,18);8H,5-6H2,1-4H3;8,10-11H,4-7H2,1-3H3/b11-3+;;/t10-,15+;2*8-/m011/s1. The number of carbonyl (C=O) groups is 2. The van der Waals surface area contributed by atoms with Crippen molar-refractivity contribution in [3.8, 4) is 0 Å². The maximum Gasteiger partial charge on any atom is 0.303 e. The summed E-state index contributed by atoms with van der Waals surface area (Å²) in [5.41, 5.74) is 10.9. The van der Waals surface area contributed by atoms with Gasteiger partial charge in [-0.05, 0) is 43.9 Å². The number of phosphoric acid groups is 1. The average molecular weight is 703 g/mol. The number of likely N-dealkylation sites (N-methyl/N-ethyl adjacent to an activating group) is 2. The van der Waals surface area contributed by atoms with Crippen molar-refractivity contribution < 1.29 is 57.1 Å². The topological polar surface area (TPSA) is 224 Å². The summed E-state index contributed by atoms with van der Waals surface area (Å²) < 4.78 is 26.0. The van der Waals surface area contributed by atoms with Crippen LogP contribution in [0.5, 0.6) is 0 Å². The van der Waals surface area contributed by atoms with Crippen LogP contribution in [0.25, 0.3) is 0 Å². The van der Waals surface area contributed by atoms with Crippen LogP contribution in [0, 0.1) is 5.92 Å². The molecule has 0 saturated heterocycles. The Morgan fingerprint density at radius 2 is 1.81 bits per heavy atom. The number of aromatic amines is 1. The lowest BCUT2D eigenvalue weighted by Gasteiger charge is -2.45. The van der Waals surface area contributed by atoms with Crippen LogP contribution in [0.2, 0.25) is 0 Å². The van der Waals surface area contributed by atoms with Crippen LogP contribution >= 0.6 is 7.82 Å². The molecule has 1 aromatic heterocycles. The number of carboxylic acids is 1. The number of carboxylic acid groups (broad SMARTS) is 1. The molecule has 0 saturated carbocycles. The van der Waals surface area contributed by atoms with E-state index in [4.69, 9.17) is 20.7 Å². The van der Waals surface area contributed by atoms with Crippen LogP contribution in [-0.4, -0.2) is 124 Å². The molecule has 1 aromatic rings. The lowest BCUT2D eigenvalue weighted by atomic mass is 9.63. The Labute approximate surface area is 283 Å². The lowest BCUT2D eigenvalue weighted by Crippen LogP contribution is -2.48. The zero-order valence-electron chi connectivity index (χ0n) is 29.7. The maximum absolute atomic E-state index is 11.5. The molecule has 2 aliphatic carbocycles. The highest BCUT2D eigenvalue weighted by atomic mass is 31.2. The first-order valence-electron chi connectivity index (χ1n) is 15.6. The number of H-pyrrole nitrogens is 1. The average Bonchev–Trinajstić information content (AvgIpc) is 2.89. The van der Waals surface area contributed by atoms with Gasteiger partial charge in [-0.3, -0.25) is 14.2 Å². The Morgan fingerprint density at radius 3 is 2.31 bits per heavy atom. The number of aliphatic carboxylic acids is 1. The molecule has 1 heterocycles. The number of phosphoric ester groups is 1. The van der Waals surface area contributed by atoms with Gasteiger partial charge < -0.3 is 58.5 Å². The quantitative estimate of drug-likeness (QED) is 0.0868. The molecule has 0 aromatic carbocycles. The van der Waals surface area contributed by atoms with Crippen LogP contribution in [-0.2, 0) is 39.9 Å². The largest absolute Gasteiger partial charge is 0.756 e. The molecular formula is C32H55N4O11P. The molecule has 48 heavy (non-hydrogen) atoms. The van der Waals surface area contributed by atoms with E-state index in [1.807, 2.05) is 48.4 Å². The summed E-state index contributed by atoms with van der Waals surface area (Å²) in [6.45, 7) is 5.37. The highest BCUT2D eigenvalue weighted by Crippen LogP contribution is 2.47. The van der Waals surface area contributed by atoms with Crippen LogP contribution in [0.1, 0.15) is 44.9 Å².